The molecule has 0 unspecified atom stereocenters. The molecule has 0 bridgehead atoms. The minimum atomic E-state index is -1.01. The van der Waals surface area contributed by atoms with Gasteiger partial charge >= 0.3 is 0 Å². The van der Waals surface area contributed by atoms with Crippen molar-refractivity contribution in [3.63, 3.8) is 0 Å². The molecule has 1 aliphatic rings. The van der Waals surface area contributed by atoms with Crippen molar-refractivity contribution in [2.24, 2.45) is 0 Å². The number of halogens is 1. The van der Waals surface area contributed by atoms with Crippen molar-refractivity contribution in [1.82, 2.24) is 0 Å². The highest BCUT2D eigenvalue weighted by Crippen LogP contribution is 2.35. The van der Waals surface area contributed by atoms with Gasteiger partial charge in [-0.05, 0) is 6.07 Å². The highest BCUT2D eigenvalue weighted by Gasteiger charge is 2.26. The van der Waals surface area contributed by atoms with Gasteiger partial charge < -0.3 is 9.84 Å². The van der Waals surface area contributed by atoms with Gasteiger partial charge in [0, 0.05) is 5.56 Å². The molecule has 1 heterocycles. The summed E-state index contributed by atoms with van der Waals surface area (Å²) in [7, 11) is 0. The fourth-order valence-electron chi connectivity index (χ4n) is 1.79. The van der Waals surface area contributed by atoms with E-state index in [2.05, 4.69) is 6.58 Å². The number of carbonyl (C=O) groups is 1. The predicted molar refractivity (Wildman–Crippen MR) is 60.5 cm³/mol. The highest BCUT2D eigenvalue weighted by molar-refractivity contribution is 6.04. The monoisotopic (exact) mass is 237 g/mol. The zero-order valence-corrected chi connectivity index (χ0v) is 9.15. The summed E-state index contributed by atoms with van der Waals surface area (Å²) < 4.78 is 18.3. The Morgan fingerprint density at radius 2 is 2.35 bits per heavy atom. The molecule has 0 saturated carbocycles. The third kappa shape index (κ3) is 2.01. The summed E-state index contributed by atoms with van der Waals surface area (Å²) in [5, 5.41) is 9.15. The third-order valence-electron chi connectivity index (χ3n) is 2.58. The average molecular weight is 237 g/mol. The maximum absolute atomic E-state index is 12.9. The molecule has 17 heavy (non-hydrogen) atoms. The third-order valence-corrected chi connectivity index (χ3v) is 2.58. The largest absolute Gasteiger partial charge is 0.489 e. The molecule has 0 aromatic heterocycles. The number of hydrogen-bond acceptors (Lipinski definition) is 3. The summed E-state index contributed by atoms with van der Waals surface area (Å²) in [5.74, 6) is -1.35. The molecule has 1 aromatic rings. The standard InChI is InChI=1S/C12H12FNO3/c1-8(13)12(16)14-5-6-17-11-9(7-15)3-2-4-10(11)14/h2-4,15H,1,5-7H2. The Balaban J connectivity index is 2.45. The number of fused-ring (bicyclic) bond motifs is 1. The average Bonchev–Trinajstić information content (AvgIpc) is 2.36. The zero-order valence-electron chi connectivity index (χ0n) is 9.15. The number of para-hydroxylation sites is 1. The van der Waals surface area contributed by atoms with Crippen molar-refractivity contribution in [2.45, 2.75) is 6.61 Å². The number of rotatable bonds is 2. The molecular weight excluding hydrogens is 225 g/mol. The molecule has 4 nitrogen and oxygen atoms in total. The second-order valence-electron chi connectivity index (χ2n) is 3.63. The quantitative estimate of drug-likeness (QED) is 0.791. The molecule has 0 saturated heterocycles. The number of hydrogen-bond donors (Lipinski definition) is 1. The van der Waals surface area contributed by atoms with Crippen LogP contribution in [0.3, 0.4) is 0 Å². The first-order chi connectivity index (χ1) is 8.15. The first kappa shape index (κ1) is 11.6. The molecule has 1 aliphatic heterocycles. The summed E-state index contributed by atoms with van der Waals surface area (Å²) in [6.45, 7) is 3.34. The molecule has 1 aromatic carbocycles. The van der Waals surface area contributed by atoms with Gasteiger partial charge in [0.1, 0.15) is 12.4 Å². The molecule has 1 amide bonds. The second kappa shape index (κ2) is 4.55. The Hall–Kier alpha value is -1.88. The number of anilines is 1. The van der Waals surface area contributed by atoms with Gasteiger partial charge in [0.25, 0.3) is 5.91 Å². The van der Waals surface area contributed by atoms with E-state index < -0.39 is 11.7 Å². The number of benzene rings is 1. The lowest BCUT2D eigenvalue weighted by molar-refractivity contribution is -0.116. The molecule has 0 atom stereocenters. The topological polar surface area (TPSA) is 49.8 Å². The van der Waals surface area contributed by atoms with Crippen molar-refractivity contribution in [2.75, 3.05) is 18.1 Å². The molecule has 0 radical (unpaired) electrons. The van der Waals surface area contributed by atoms with Crippen LogP contribution in [0.25, 0.3) is 0 Å². The van der Waals surface area contributed by atoms with Crippen molar-refractivity contribution >= 4 is 11.6 Å². The van der Waals surface area contributed by atoms with Crippen LogP contribution >= 0.6 is 0 Å². The number of aliphatic hydroxyl groups excluding tert-OH is 1. The summed E-state index contributed by atoms with van der Waals surface area (Å²) in [4.78, 5) is 12.9. The lowest BCUT2D eigenvalue weighted by Gasteiger charge is -2.30. The summed E-state index contributed by atoms with van der Waals surface area (Å²) in [6, 6.07) is 5.02. The van der Waals surface area contributed by atoms with Crippen molar-refractivity contribution in [1.29, 1.82) is 0 Å². The van der Waals surface area contributed by atoms with Gasteiger partial charge in [-0.1, -0.05) is 18.7 Å². The first-order valence-corrected chi connectivity index (χ1v) is 5.17. The maximum Gasteiger partial charge on any atom is 0.286 e. The van der Waals surface area contributed by atoms with Crippen LogP contribution < -0.4 is 9.64 Å². The van der Waals surface area contributed by atoms with Crippen LogP contribution in [-0.2, 0) is 11.4 Å². The lowest BCUT2D eigenvalue weighted by atomic mass is 10.1. The van der Waals surface area contributed by atoms with E-state index in [0.29, 0.717) is 17.0 Å². The maximum atomic E-state index is 12.9. The van der Waals surface area contributed by atoms with Crippen LogP contribution in [-0.4, -0.2) is 24.2 Å². The Kier molecular flexibility index (Phi) is 3.10. The van der Waals surface area contributed by atoms with E-state index in [0.717, 1.165) is 0 Å². The van der Waals surface area contributed by atoms with E-state index in [1.165, 1.54) is 4.90 Å². The SMILES string of the molecule is C=C(F)C(=O)N1CCOc2c(CO)cccc21. The van der Waals surface area contributed by atoms with Gasteiger partial charge in [-0.25, -0.2) is 4.39 Å². The number of nitrogens with zero attached hydrogens (tertiary/aromatic N) is 1. The smallest absolute Gasteiger partial charge is 0.286 e. The molecular formula is C12H12FNO3. The van der Waals surface area contributed by atoms with E-state index in [9.17, 15) is 9.18 Å². The fourth-order valence-corrected chi connectivity index (χ4v) is 1.79. The predicted octanol–water partition coefficient (Wildman–Crippen LogP) is 1.39. The van der Waals surface area contributed by atoms with Gasteiger partial charge in [-0.3, -0.25) is 9.69 Å². The van der Waals surface area contributed by atoms with Crippen molar-refractivity contribution in [3.05, 3.63) is 36.2 Å². The lowest BCUT2D eigenvalue weighted by Crippen LogP contribution is -2.38. The van der Waals surface area contributed by atoms with Gasteiger partial charge in [0.2, 0.25) is 0 Å². The molecule has 0 aliphatic carbocycles. The summed E-state index contributed by atoms with van der Waals surface area (Å²) in [5.41, 5.74) is 1.04. The minimum Gasteiger partial charge on any atom is -0.489 e. The number of carbonyl (C=O) groups excluding carboxylic acids is 1. The van der Waals surface area contributed by atoms with Gasteiger partial charge in [-0.15, -0.1) is 0 Å². The van der Waals surface area contributed by atoms with Gasteiger partial charge in [0.15, 0.2) is 5.83 Å². The Morgan fingerprint density at radius 3 is 3.00 bits per heavy atom. The molecule has 1 N–H and O–H groups in total. The van der Waals surface area contributed by atoms with Crippen LogP contribution in [0, 0.1) is 0 Å². The number of amides is 1. The zero-order chi connectivity index (χ0) is 12.4. The van der Waals surface area contributed by atoms with E-state index >= 15 is 0 Å². The summed E-state index contributed by atoms with van der Waals surface area (Å²) >= 11 is 0. The van der Waals surface area contributed by atoms with Crippen molar-refractivity contribution < 1.29 is 19.0 Å². The van der Waals surface area contributed by atoms with Gasteiger partial charge in [0.05, 0.1) is 18.8 Å². The van der Waals surface area contributed by atoms with Crippen molar-refractivity contribution in [3.8, 4) is 5.75 Å². The van der Waals surface area contributed by atoms with Crippen LogP contribution in [0.4, 0.5) is 10.1 Å². The first-order valence-electron chi connectivity index (χ1n) is 5.17. The van der Waals surface area contributed by atoms with Crippen LogP contribution in [0.1, 0.15) is 5.56 Å². The van der Waals surface area contributed by atoms with E-state index in [4.69, 9.17) is 9.84 Å². The molecule has 0 fully saturated rings. The van der Waals surface area contributed by atoms with Gasteiger partial charge in [-0.2, -0.15) is 0 Å². The molecule has 90 valence electrons. The van der Waals surface area contributed by atoms with Crippen LogP contribution in [0.2, 0.25) is 0 Å². The number of ether oxygens (including phenoxy) is 1. The molecule has 0 spiro atoms. The van der Waals surface area contributed by atoms with E-state index in [1.807, 2.05) is 0 Å². The Labute approximate surface area is 97.9 Å². The Morgan fingerprint density at radius 1 is 1.59 bits per heavy atom. The summed E-state index contributed by atoms with van der Waals surface area (Å²) in [6.07, 6.45) is 0. The highest BCUT2D eigenvalue weighted by atomic mass is 19.1. The normalized spacial score (nSPS) is 13.9. The fraction of sp³-hybridized carbons (Fsp3) is 0.250. The number of aliphatic hydroxyl groups is 1. The van der Waals surface area contributed by atoms with Crippen LogP contribution in [0.5, 0.6) is 5.75 Å². The molecule has 2 rings (SSSR count). The Bertz CT molecular complexity index is 473. The van der Waals surface area contributed by atoms with E-state index in [-0.39, 0.29) is 19.8 Å². The second-order valence-corrected chi connectivity index (χ2v) is 3.63. The molecule has 5 heteroatoms. The van der Waals surface area contributed by atoms with E-state index in [1.54, 1.807) is 18.2 Å². The minimum absolute atomic E-state index is 0.193. The van der Waals surface area contributed by atoms with Crippen LogP contribution in [0.15, 0.2) is 30.6 Å².